The predicted octanol–water partition coefficient (Wildman–Crippen LogP) is 3.33. The lowest BCUT2D eigenvalue weighted by atomic mass is 9.96. The van der Waals surface area contributed by atoms with E-state index in [9.17, 15) is 15.3 Å². The van der Waals surface area contributed by atoms with Crippen molar-refractivity contribution < 1.29 is 4.74 Å². The first kappa shape index (κ1) is 18.1. The molecule has 6 heteroatoms. The molecule has 25 heavy (non-hydrogen) atoms. The lowest BCUT2D eigenvalue weighted by Gasteiger charge is -2.10. The van der Waals surface area contributed by atoms with Crippen molar-refractivity contribution in [1.29, 1.82) is 10.5 Å². The number of nitrogen functional groups attached to an aromatic ring is 1. The highest BCUT2D eigenvalue weighted by molar-refractivity contribution is 5.80. The molecule has 2 rings (SSSR count). The zero-order chi connectivity index (χ0) is 18.2. The van der Waals surface area contributed by atoms with Gasteiger partial charge >= 0.3 is 0 Å². The van der Waals surface area contributed by atoms with Gasteiger partial charge in [0.05, 0.1) is 6.61 Å². The summed E-state index contributed by atoms with van der Waals surface area (Å²) >= 11 is 0. The Bertz CT molecular complexity index is 871. The maximum Gasteiger partial charge on any atom is 0.268 e. The number of rotatable bonds is 7. The molecule has 1 heterocycles. The molecular weight excluding hydrogens is 316 g/mol. The second-order valence-corrected chi connectivity index (χ2v) is 5.65. The molecule has 0 radical (unpaired) electrons. The smallest absolute Gasteiger partial charge is 0.268 e. The lowest BCUT2D eigenvalue weighted by Crippen LogP contribution is -2.16. The van der Waals surface area contributed by atoms with E-state index in [1.54, 1.807) is 24.3 Å². The first-order valence-electron chi connectivity index (χ1n) is 8.21. The van der Waals surface area contributed by atoms with Crippen molar-refractivity contribution in [2.24, 2.45) is 0 Å². The summed E-state index contributed by atoms with van der Waals surface area (Å²) in [6.07, 6.45) is 4.51. The zero-order valence-electron chi connectivity index (χ0n) is 14.1. The number of benzene rings is 1. The highest BCUT2D eigenvalue weighted by Crippen LogP contribution is 2.29. The van der Waals surface area contributed by atoms with Crippen LogP contribution in [0.3, 0.4) is 0 Å². The second kappa shape index (κ2) is 8.56. The molecule has 0 saturated carbocycles. The van der Waals surface area contributed by atoms with Crippen LogP contribution in [0.4, 0.5) is 5.82 Å². The number of aromatic nitrogens is 1. The van der Waals surface area contributed by atoms with Crippen LogP contribution in [0.15, 0.2) is 29.1 Å². The van der Waals surface area contributed by atoms with Gasteiger partial charge < -0.3 is 15.5 Å². The number of nitrogens with one attached hydrogen (secondary N) is 1. The molecule has 3 N–H and O–H groups in total. The number of anilines is 1. The summed E-state index contributed by atoms with van der Waals surface area (Å²) in [5.74, 6) is 0.660. The molecule has 0 amide bonds. The third-order valence-corrected chi connectivity index (χ3v) is 3.88. The van der Waals surface area contributed by atoms with Crippen molar-refractivity contribution in [3.63, 3.8) is 0 Å². The Kier molecular flexibility index (Phi) is 6.20. The van der Waals surface area contributed by atoms with Crippen LogP contribution in [0.25, 0.3) is 11.1 Å². The van der Waals surface area contributed by atoms with Crippen LogP contribution in [0.5, 0.6) is 5.75 Å². The van der Waals surface area contributed by atoms with E-state index in [1.165, 1.54) is 12.8 Å². The topological polar surface area (TPSA) is 116 Å². The molecule has 1 aromatic carbocycles. The van der Waals surface area contributed by atoms with Crippen LogP contribution in [-0.2, 0) is 0 Å². The van der Waals surface area contributed by atoms with E-state index < -0.39 is 5.56 Å². The standard InChI is InChI=1S/C19H20N4O2/c1-2-3-4-5-10-25-14-8-6-13(7-9-14)17-15(11-20)18(22)23-19(24)16(17)12-21/h6-9H,2-5,10H2,1H3,(H3,22,23,24). The van der Waals surface area contributed by atoms with E-state index in [-0.39, 0.29) is 22.5 Å². The Morgan fingerprint density at radius 3 is 2.36 bits per heavy atom. The fraction of sp³-hybridized carbons (Fsp3) is 0.316. The first-order chi connectivity index (χ1) is 12.1. The molecule has 1 aromatic heterocycles. The number of unbranched alkanes of at least 4 members (excludes halogenated alkanes) is 3. The molecule has 0 aliphatic rings. The minimum Gasteiger partial charge on any atom is -0.494 e. The first-order valence-corrected chi connectivity index (χ1v) is 8.21. The van der Waals surface area contributed by atoms with E-state index in [2.05, 4.69) is 11.9 Å². The number of nitrogens with zero attached hydrogens (tertiary/aromatic N) is 2. The van der Waals surface area contributed by atoms with Crippen molar-refractivity contribution in [3.8, 4) is 29.0 Å². The number of H-pyrrole nitrogens is 1. The highest BCUT2D eigenvalue weighted by Gasteiger charge is 2.17. The average Bonchev–Trinajstić information content (AvgIpc) is 2.61. The van der Waals surface area contributed by atoms with Gasteiger partial charge in [0.15, 0.2) is 0 Å². The monoisotopic (exact) mass is 336 g/mol. The van der Waals surface area contributed by atoms with Gasteiger partial charge in [0.2, 0.25) is 0 Å². The third kappa shape index (κ3) is 4.19. The molecule has 0 saturated heterocycles. The highest BCUT2D eigenvalue weighted by atomic mass is 16.5. The van der Waals surface area contributed by atoms with Crippen LogP contribution in [0.1, 0.15) is 43.7 Å². The van der Waals surface area contributed by atoms with Gasteiger partial charge in [-0.2, -0.15) is 10.5 Å². The molecular formula is C19H20N4O2. The number of nitrogens with two attached hydrogens (primary N) is 1. The van der Waals surface area contributed by atoms with Crippen molar-refractivity contribution in [2.45, 2.75) is 32.6 Å². The SMILES string of the molecule is CCCCCCOc1ccc(-c2c(C#N)c(N)[nH]c(=O)c2C#N)cc1. The minimum absolute atomic E-state index is 0.0437. The van der Waals surface area contributed by atoms with Crippen molar-refractivity contribution in [1.82, 2.24) is 4.98 Å². The predicted molar refractivity (Wildman–Crippen MR) is 96.0 cm³/mol. The summed E-state index contributed by atoms with van der Waals surface area (Å²) < 4.78 is 5.68. The van der Waals surface area contributed by atoms with Crippen LogP contribution in [0.2, 0.25) is 0 Å². The van der Waals surface area contributed by atoms with Gasteiger partial charge in [0, 0.05) is 5.56 Å². The van der Waals surface area contributed by atoms with Crippen LogP contribution in [0, 0.1) is 22.7 Å². The van der Waals surface area contributed by atoms with E-state index in [0.717, 1.165) is 12.8 Å². The Hall–Kier alpha value is -3.25. The second-order valence-electron chi connectivity index (χ2n) is 5.65. The summed E-state index contributed by atoms with van der Waals surface area (Å²) in [5.41, 5.74) is 5.90. The van der Waals surface area contributed by atoms with Crippen LogP contribution < -0.4 is 16.0 Å². The van der Waals surface area contributed by atoms with E-state index in [1.807, 2.05) is 12.1 Å². The van der Waals surface area contributed by atoms with Gasteiger partial charge in [0.25, 0.3) is 5.56 Å². The molecule has 0 fully saturated rings. The number of aromatic amines is 1. The molecule has 128 valence electrons. The van der Waals surface area contributed by atoms with Gasteiger partial charge in [-0.15, -0.1) is 0 Å². The molecule has 0 aliphatic heterocycles. The maximum atomic E-state index is 11.9. The Balaban J connectivity index is 2.27. The van der Waals surface area contributed by atoms with Gasteiger partial charge in [-0.05, 0) is 24.1 Å². The average molecular weight is 336 g/mol. The molecule has 6 nitrogen and oxygen atoms in total. The normalized spacial score (nSPS) is 10.0. The summed E-state index contributed by atoms with van der Waals surface area (Å²) in [5, 5.41) is 18.6. The van der Waals surface area contributed by atoms with E-state index >= 15 is 0 Å². The van der Waals surface area contributed by atoms with Crippen LogP contribution >= 0.6 is 0 Å². The molecule has 0 spiro atoms. The number of pyridine rings is 1. The number of ether oxygens (including phenoxy) is 1. The fourth-order valence-electron chi connectivity index (χ4n) is 2.57. The Morgan fingerprint density at radius 2 is 1.76 bits per heavy atom. The van der Waals surface area contributed by atoms with E-state index in [4.69, 9.17) is 10.5 Å². The van der Waals surface area contributed by atoms with Gasteiger partial charge in [0.1, 0.15) is 34.8 Å². The molecule has 0 atom stereocenters. The lowest BCUT2D eigenvalue weighted by molar-refractivity contribution is 0.305. The Labute approximate surface area is 146 Å². The van der Waals surface area contributed by atoms with Gasteiger partial charge in [-0.3, -0.25) is 4.79 Å². The quantitative estimate of drug-likeness (QED) is 0.752. The largest absolute Gasteiger partial charge is 0.494 e. The molecule has 0 bridgehead atoms. The fourth-order valence-corrected chi connectivity index (χ4v) is 2.57. The van der Waals surface area contributed by atoms with Crippen molar-refractivity contribution in [3.05, 3.63) is 45.7 Å². The van der Waals surface area contributed by atoms with Crippen LogP contribution in [-0.4, -0.2) is 11.6 Å². The number of hydrogen-bond donors (Lipinski definition) is 2. The number of nitriles is 2. The van der Waals surface area contributed by atoms with Gasteiger partial charge in [-0.1, -0.05) is 38.3 Å². The summed E-state index contributed by atoms with van der Waals surface area (Å²) in [6.45, 7) is 2.80. The van der Waals surface area contributed by atoms with Crippen molar-refractivity contribution in [2.75, 3.05) is 12.3 Å². The number of hydrogen-bond acceptors (Lipinski definition) is 5. The zero-order valence-corrected chi connectivity index (χ0v) is 14.1. The molecule has 0 aliphatic carbocycles. The van der Waals surface area contributed by atoms with Gasteiger partial charge in [-0.25, -0.2) is 0 Å². The molecule has 2 aromatic rings. The minimum atomic E-state index is -0.606. The summed E-state index contributed by atoms with van der Waals surface area (Å²) in [7, 11) is 0. The molecule has 0 unspecified atom stereocenters. The Morgan fingerprint density at radius 1 is 1.08 bits per heavy atom. The third-order valence-electron chi connectivity index (χ3n) is 3.88. The van der Waals surface area contributed by atoms with E-state index in [0.29, 0.717) is 17.9 Å². The van der Waals surface area contributed by atoms with Crippen molar-refractivity contribution >= 4 is 5.82 Å². The maximum absolute atomic E-state index is 11.9. The summed E-state index contributed by atoms with van der Waals surface area (Å²) in [4.78, 5) is 14.3. The summed E-state index contributed by atoms with van der Waals surface area (Å²) in [6, 6.07) is 10.8.